The molecule has 0 fully saturated rings. The van der Waals surface area contributed by atoms with Gasteiger partial charge in [-0.05, 0) is 29.7 Å². The van der Waals surface area contributed by atoms with Crippen LogP contribution in [0.15, 0.2) is 48.7 Å². The first-order chi connectivity index (χ1) is 12.2. The number of nitrogens with one attached hydrogen (secondary N) is 2. The number of β-amino-alcohol motifs (C(OH)–C–C–N with tert-alkyl or cyclic N) is 1. The SMILES string of the molecule is O=C(NCc1ccccn1)NC[C@@H](O)CN1CCc2ccccc2C1. The minimum atomic E-state index is -0.592. The quantitative estimate of drug-likeness (QED) is 0.741. The van der Waals surface area contributed by atoms with Crippen molar-refractivity contribution in [1.29, 1.82) is 0 Å². The van der Waals surface area contributed by atoms with Crippen LogP contribution in [0.25, 0.3) is 0 Å². The van der Waals surface area contributed by atoms with E-state index in [0.29, 0.717) is 13.1 Å². The lowest BCUT2D eigenvalue weighted by atomic mass is 10.00. The fraction of sp³-hybridized carbons (Fsp3) is 0.368. The van der Waals surface area contributed by atoms with Gasteiger partial charge in [0.2, 0.25) is 0 Å². The van der Waals surface area contributed by atoms with Gasteiger partial charge in [-0.3, -0.25) is 9.88 Å². The summed E-state index contributed by atoms with van der Waals surface area (Å²) in [6.07, 6.45) is 2.10. The normalized spacial score (nSPS) is 15.2. The number of nitrogens with zero attached hydrogens (tertiary/aromatic N) is 2. The average Bonchev–Trinajstić information content (AvgIpc) is 2.65. The summed E-state index contributed by atoms with van der Waals surface area (Å²) in [4.78, 5) is 18.2. The van der Waals surface area contributed by atoms with Crippen LogP contribution in [0.4, 0.5) is 4.79 Å². The van der Waals surface area contributed by atoms with Gasteiger partial charge < -0.3 is 15.7 Å². The molecule has 2 amide bonds. The van der Waals surface area contributed by atoms with E-state index in [9.17, 15) is 9.90 Å². The summed E-state index contributed by atoms with van der Waals surface area (Å²) >= 11 is 0. The van der Waals surface area contributed by atoms with Crippen molar-refractivity contribution in [3.8, 4) is 0 Å². The number of rotatable bonds is 6. The number of urea groups is 1. The second-order valence-electron chi connectivity index (χ2n) is 6.29. The highest BCUT2D eigenvalue weighted by molar-refractivity contribution is 5.73. The molecule has 25 heavy (non-hydrogen) atoms. The van der Waals surface area contributed by atoms with Crippen molar-refractivity contribution in [2.45, 2.75) is 25.6 Å². The van der Waals surface area contributed by atoms with Crippen molar-refractivity contribution in [3.05, 3.63) is 65.5 Å². The molecule has 1 aliphatic heterocycles. The predicted molar refractivity (Wildman–Crippen MR) is 95.9 cm³/mol. The number of fused-ring (bicyclic) bond motifs is 1. The molecule has 0 unspecified atom stereocenters. The van der Waals surface area contributed by atoms with Gasteiger partial charge in [0, 0.05) is 32.4 Å². The number of benzene rings is 1. The van der Waals surface area contributed by atoms with Crippen LogP contribution in [-0.4, -0.2) is 46.8 Å². The molecule has 1 aromatic heterocycles. The van der Waals surface area contributed by atoms with E-state index in [-0.39, 0.29) is 12.6 Å². The Morgan fingerprint density at radius 1 is 1.16 bits per heavy atom. The zero-order valence-corrected chi connectivity index (χ0v) is 14.2. The molecule has 0 radical (unpaired) electrons. The topological polar surface area (TPSA) is 77.5 Å². The van der Waals surface area contributed by atoms with E-state index in [0.717, 1.165) is 25.2 Å². The lowest BCUT2D eigenvalue weighted by Crippen LogP contribution is -2.44. The van der Waals surface area contributed by atoms with Gasteiger partial charge in [0.1, 0.15) is 0 Å². The van der Waals surface area contributed by atoms with E-state index >= 15 is 0 Å². The molecule has 2 aromatic rings. The highest BCUT2D eigenvalue weighted by atomic mass is 16.3. The number of aromatic nitrogens is 1. The number of carbonyl (C=O) groups is 1. The lowest BCUT2D eigenvalue weighted by Gasteiger charge is -2.30. The Morgan fingerprint density at radius 3 is 2.76 bits per heavy atom. The molecule has 2 heterocycles. The summed E-state index contributed by atoms with van der Waals surface area (Å²) < 4.78 is 0. The fourth-order valence-corrected chi connectivity index (χ4v) is 3.02. The largest absolute Gasteiger partial charge is 0.390 e. The Morgan fingerprint density at radius 2 is 1.96 bits per heavy atom. The number of carbonyl (C=O) groups excluding carboxylic acids is 1. The second kappa shape index (κ2) is 8.60. The monoisotopic (exact) mass is 340 g/mol. The zero-order chi connectivity index (χ0) is 17.5. The molecule has 0 aliphatic carbocycles. The summed E-state index contributed by atoms with van der Waals surface area (Å²) in [7, 11) is 0. The number of hydrogen-bond donors (Lipinski definition) is 3. The summed E-state index contributed by atoms with van der Waals surface area (Å²) in [6, 6.07) is 13.7. The van der Waals surface area contributed by atoms with Crippen LogP contribution < -0.4 is 10.6 Å². The van der Waals surface area contributed by atoms with Gasteiger partial charge in [-0.1, -0.05) is 30.3 Å². The van der Waals surface area contributed by atoms with Crippen LogP contribution in [-0.2, 0) is 19.5 Å². The first-order valence-electron chi connectivity index (χ1n) is 8.59. The van der Waals surface area contributed by atoms with Crippen molar-refractivity contribution in [3.63, 3.8) is 0 Å². The van der Waals surface area contributed by atoms with E-state index in [1.165, 1.54) is 11.1 Å². The molecule has 1 aromatic carbocycles. The zero-order valence-electron chi connectivity index (χ0n) is 14.2. The van der Waals surface area contributed by atoms with Crippen LogP contribution in [0.1, 0.15) is 16.8 Å². The number of aliphatic hydroxyl groups is 1. The second-order valence-corrected chi connectivity index (χ2v) is 6.29. The molecular formula is C19H24N4O2. The predicted octanol–water partition coefficient (Wildman–Crippen LogP) is 1.30. The van der Waals surface area contributed by atoms with Crippen LogP contribution in [0, 0.1) is 0 Å². The first kappa shape index (κ1) is 17.4. The van der Waals surface area contributed by atoms with E-state index < -0.39 is 6.10 Å². The van der Waals surface area contributed by atoms with E-state index in [1.54, 1.807) is 6.20 Å². The van der Waals surface area contributed by atoms with Crippen LogP contribution >= 0.6 is 0 Å². The molecule has 3 N–H and O–H groups in total. The highest BCUT2D eigenvalue weighted by Gasteiger charge is 2.18. The molecule has 3 rings (SSSR count). The van der Waals surface area contributed by atoms with E-state index in [2.05, 4.69) is 38.7 Å². The average molecular weight is 340 g/mol. The van der Waals surface area contributed by atoms with Crippen LogP contribution in [0.5, 0.6) is 0 Å². The molecule has 0 saturated heterocycles. The molecule has 0 spiro atoms. The molecule has 6 nitrogen and oxygen atoms in total. The maximum atomic E-state index is 11.8. The third-order valence-electron chi connectivity index (χ3n) is 4.33. The number of pyridine rings is 1. The van der Waals surface area contributed by atoms with Gasteiger partial charge in [0.15, 0.2) is 0 Å². The third-order valence-corrected chi connectivity index (χ3v) is 4.33. The molecule has 0 bridgehead atoms. The summed E-state index contributed by atoms with van der Waals surface area (Å²) in [6.45, 7) is 2.92. The van der Waals surface area contributed by atoms with E-state index in [1.807, 2.05) is 24.3 Å². The fourth-order valence-electron chi connectivity index (χ4n) is 3.02. The molecule has 1 aliphatic rings. The summed E-state index contributed by atoms with van der Waals surface area (Å²) in [5.41, 5.74) is 3.51. The lowest BCUT2D eigenvalue weighted by molar-refractivity contribution is 0.105. The standard InChI is InChI=1S/C19H24N4O2/c24-18(12-22-19(25)21-11-17-7-3-4-9-20-17)14-23-10-8-15-5-1-2-6-16(15)13-23/h1-7,9,18,24H,8,10-14H2,(H2,21,22,25)/t18-/m1/s1. The molecule has 132 valence electrons. The molecular weight excluding hydrogens is 316 g/mol. The number of aliphatic hydroxyl groups excluding tert-OH is 1. The smallest absolute Gasteiger partial charge is 0.315 e. The number of hydrogen-bond acceptors (Lipinski definition) is 4. The van der Waals surface area contributed by atoms with Crippen molar-refractivity contribution in [2.24, 2.45) is 0 Å². The maximum Gasteiger partial charge on any atom is 0.315 e. The van der Waals surface area contributed by atoms with Crippen LogP contribution in [0.3, 0.4) is 0 Å². The Kier molecular flexibility index (Phi) is 5.98. The summed E-state index contributed by atoms with van der Waals surface area (Å²) in [5, 5.41) is 15.6. The summed E-state index contributed by atoms with van der Waals surface area (Å²) in [5.74, 6) is 0. The molecule has 0 saturated carbocycles. The minimum Gasteiger partial charge on any atom is -0.390 e. The van der Waals surface area contributed by atoms with Crippen molar-refractivity contribution in [2.75, 3.05) is 19.6 Å². The van der Waals surface area contributed by atoms with Gasteiger partial charge in [0.05, 0.1) is 18.3 Å². The van der Waals surface area contributed by atoms with Crippen molar-refractivity contribution >= 4 is 6.03 Å². The Bertz CT molecular complexity index is 693. The Labute approximate surface area is 147 Å². The molecule has 1 atom stereocenters. The third kappa shape index (κ3) is 5.27. The highest BCUT2D eigenvalue weighted by Crippen LogP contribution is 2.18. The Balaban J connectivity index is 1.37. The minimum absolute atomic E-state index is 0.228. The van der Waals surface area contributed by atoms with Gasteiger partial charge in [-0.25, -0.2) is 4.79 Å². The number of amides is 2. The van der Waals surface area contributed by atoms with E-state index in [4.69, 9.17) is 0 Å². The Hall–Kier alpha value is -2.44. The molecule has 6 heteroatoms. The van der Waals surface area contributed by atoms with Crippen molar-refractivity contribution in [1.82, 2.24) is 20.5 Å². The van der Waals surface area contributed by atoms with Crippen LogP contribution in [0.2, 0.25) is 0 Å². The van der Waals surface area contributed by atoms with Crippen molar-refractivity contribution < 1.29 is 9.90 Å². The maximum absolute atomic E-state index is 11.8. The first-order valence-corrected chi connectivity index (χ1v) is 8.59. The van der Waals surface area contributed by atoms with Gasteiger partial charge in [0.25, 0.3) is 0 Å². The van der Waals surface area contributed by atoms with Gasteiger partial charge >= 0.3 is 6.03 Å². The van der Waals surface area contributed by atoms with Gasteiger partial charge in [-0.15, -0.1) is 0 Å². The van der Waals surface area contributed by atoms with Gasteiger partial charge in [-0.2, -0.15) is 0 Å².